The second-order valence-corrected chi connectivity index (χ2v) is 10.3. The summed E-state index contributed by atoms with van der Waals surface area (Å²) in [5, 5.41) is 12.9. The molecule has 5 nitrogen and oxygen atoms in total. The van der Waals surface area contributed by atoms with Crippen molar-refractivity contribution in [1.29, 1.82) is 0 Å². The Kier molecular flexibility index (Phi) is 8.32. The quantitative estimate of drug-likeness (QED) is 0.246. The van der Waals surface area contributed by atoms with Crippen molar-refractivity contribution in [3.05, 3.63) is 95.3 Å². The molecular weight excluding hydrogens is 484 g/mol. The Labute approximate surface area is 213 Å². The molecule has 0 aliphatic rings. The number of aryl methyl sites for hydroxylation is 1. The molecule has 4 rings (SSSR count). The zero-order valence-corrected chi connectivity index (χ0v) is 21.3. The van der Waals surface area contributed by atoms with Crippen molar-refractivity contribution < 1.29 is 4.79 Å². The first-order valence-corrected chi connectivity index (χ1v) is 13.2. The predicted molar refractivity (Wildman–Crippen MR) is 142 cm³/mol. The van der Waals surface area contributed by atoms with E-state index in [-0.39, 0.29) is 11.2 Å². The molecule has 1 heterocycles. The zero-order chi connectivity index (χ0) is 23.9. The Morgan fingerprint density at radius 2 is 1.74 bits per heavy atom. The smallest absolute Gasteiger partial charge is 0.237 e. The lowest BCUT2D eigenvalue weighted by Gasteiger charge is -2.16. The maximum Gasteiger partial charge on any atom is 0.237 e. The number of nitrogens with one attached hydrogen (secondary N) is 1. The molecule has 174 valence electrons. The molecule has 4 aromatic rings. The van der Waals surface area contributed by atoms with Gasteiger partial charge in [0.25, 0.3) is 0 Å². The molecule has 0 saturated carbocycles. The van der Waals surface area contributed by atoms with Crippen molar-refractivity contribution in [2.24, 2.45) is 0 Å². The van der Waals surface area contributed by atoms with E-state index >= 15 is 0 Å². The fourth-order valence-electron chi connectivity index (χ4n) is 3.31. The number of amides is 1. The summed E-state index contributed by atoms with van der Waals surface area (Å²) in [4.78, 5) is 14.2. The number of thioether (sulfide) groups is 2. The van der Waals surface area contributed by atoms with Crippen LogP contribution in [-0.4, -0.2) is 25.9 Å². The molecular formula is C26H25ClN4OS2. The van der Waals surface area contributed by atoms with Crippen LogP contribution in [0.1, 0.15) is 24.7 Å². The molecule has 1 aromatic heterocycles. The highest BCUT2D eigenvalue weighted by molar-refractivity contribution is 8.00. The zero-order valence-electron chi connectivity index (χ0n) is 18.9. The van der Waals surface area contributed by atoms with E-state index in [1.165, 1.54) is 16.7 Å². The topological polar surface area (TPSA) is 59.8 Å². The van der Waals surface area contributed by atoms with Gasteiger partial charge in [-0.1, -0.05) is 72.8 Å². The Morgan fingerprint density at radius 1 is 1.03 bits per heavy atom. The monoisotopic (exact) mass is 508 g/mol. The molecule has 1 atom stereocenters. The minimum Gasteiger partial charge on any atom is -0.325 e. The van der Waals surface area contributed by atoms with Gasteiger partial charge in [0.15, 0.2) is 5.16 Å². The van der Waals surface area contributed by atoms with E-state index in [0.29, 0.717) is 28.0 Å². The van der Waals surface area contributed by atoms with Gasteiger partial charge in [-0.2, -0.15) is 0 Å². The molecule has 0 bridgehead atoms. The first-order chi connectivity index (χ1) is 16.5. The molecule has 1 N–H and O–H groups in total. The van der Waals surface area contributed by atoms with Crippen LogP contribution in [0.4, 0.5) is 5.69 Å². The fraction of sp³-hybridized carbons (Fsp3) is 0.192. The number of nitrogens with zero attached hydrogens (tertiary/aromatic N) is 3. The molecule has 0 radical (unpaired) electrons. The standard InChI is InChI=1S/C26H25ClN4OS2/c1-3-23(25(32)28-19-15-14-18(2)22(27)16-19)34-26-30-29-24(17-33-21-12-8-5-9-13-21)31(26)20-10-6-4-7-11-20/h4-16,23H,3,17H2,1-2H3,(H,28,32). The fourth-order valence-corrected chi connectivity index (χ4v) is 5.32. The number of hydrogen-bond donors (Lipinski definition) is 1. The molecule has 1 amide bonds. The molecule has 0 saturated heterocycles. The van der Waals surface area contributed by atoms with E-state index < -0.39 is 0 Å². The average Bonchev–Trinajstić information content (AvgIpc) is 3.27. The van der Waals surface area contributed by atoms with Crippen molar-refractivity contribution in [2.45, 2.75) is 41.3 Å². The Hall–Kier alpha value is -2.74. The number of anilines is 1. The Morgan fingerprint density at radius 3 is 2.41 bits per heavy atom. The van der Waals surface area contributed by atoms with Crippen molar-refractivity contribution >= 4 is 46.7 Å². The van der Waals surface area contributed by atoms with Crippen LogP contribution in [-0.2, 0) is 10.5 Å². The summed E-state index contributed by atoms with van der Waals surface area (Å²) in [6, 6.07) is 25.8. The van der Waals surface area contributed by atoms with Gasteiger partial charge in [0.05, 0.1) is 11.0 Å². The van der Waals surface area contributed by atoms with Crippen LogP contribution < -0.4 is 5.32 Å². The lowest BCUT2D eigenvalue weighted by atomic mass is 10.2. The van der Waals surface area contributed by atoms with Crippen LogP contribution in [0.2, 0.25) is 5.02 Å². The van der Waals surface area contributed by atoms with Gasteiger partial charge in [-0.05, 0) is 55.3 Å². The van der Waals surface area contributed by atoms with Crippen LogP contribution in [0.5, 0.6) is 0 Å². The van der Waals surface area contributed by atoms with Gasteiger partial charge in [-0.3, -0.25) is 9.36 Å². The third-order valence-electron chi connectivity index (χ3n) is 5.18. The molecule has 3 aromatic carbocycles. The van der Waals surface area contributed by atoms with Gasteiger partial charge < -0.3 is 5.32 Å². The third kappa shape index (κ3) is 6.03. The van der Waals surface area contributed by atoms with Crippen molar-refractivity contribution in [3.63, 3.8) is 0 Å². The van der Waals surface area contributed by atoms with E-state index in [1.807, 2.05) is 79.1 Å². The summed E-state index contributed by atoms with van der Waals surface area (Å²) in [7, 11) is 0. The van der Waals surface area contributed by atoms with Gasteiger partial charge in [-0.25, -0.2) is 0 Å². The largest absolute Gasteiger partial charge is 0.325 e. The maximum absolute atomic E-state index is 13.1. The van der Waals surface area contributed by atoms with Crippen LogP contribution in [0.25, 0.3) is 5.69 Å². The lowest BCUT2D eigenvalue weighted by Crippen LogP contribution is -2.25. The second-order valence-electron chi connectivity index (χ2n) is 7.64. The Balaban J connectivity index is 1.56. The highest BCUT2D eigenvalue weighted by atomic mass is 35.5. The third-order valence-corrected chi connectivity index (χ3v) is 7.90. The molecule has 34 heavy (non-hydrogen) atoms. The average molecular weight is 509 g/mol. The lowest BCUT2D eigenvalue weighted by molar-refractivity contribution is -0.115. The van der Waals surface area contributed by atoms with Gasteiger partial charge in [0.1, 0.15) is 5.82 Å². The number of halogens is 1. The van der Waals surface area contributed by atoms with Crippen LogP contribution in [0.3, 0.4) is 0 Å². The summed E-state index contributed by atoms with van der Waals surface area (Å²) < 4.78 is 2.04. The van der Waals surface area contributed by atoms with Crippen molar-refractivity contribution in [3.8, 4) is 5.69 Å². The van der Waals surface area contributed by atoms with Crippen molar-refractivity contribution in [2.75, 3.05) is 5.32 Å². The van der Waals surface area contributed by atoms with E-state index in [2.05, 4.69) is 27.6 Å². The van der Waals surface area contributed by atoms with Crippen LogP contribution >= 0.6 is 35.1 Å². The second kappa shape index (κ2) is 11.6. The van der Waals surface area contributed by atoms with E-state index in [4.69, 9.17) is 11.6 Å². The van der Waals surface area contributed by atoms with E-state index in [1.54, 1.807) is 17.8 Å². The van der Waals surface area contributed by atoms with Gasteiger partial charge in [0, 0.05) is 21.3 Å². The van der Waals surface area contributed by atoms with Gasteiger partial charge in [-0.15, -0.1) is 22.0 Å². The minimum atomic E-state index is -0.332. The Bertz CT molecular complexity index is 1250. The molecule has 0 aliphatic carbocycles. The van der Waals surface area contributed by atoms with E-state index in [9.17, 15) is 4.79 Å². The van der Waals surface area contributed by atoms with Crippen LogP contribution in [0.15, 0.2) is 88.9 Å². The summed E-state index contributed by atoms with van der Waals surface area (Å²) in [6.45, 7) is 3.93. The summed E-state index contributed by atoms with van der Waals surface area (Å²) in [5.41, 5.74) is 2.63. The van der Waals surface area contributed by atoms with Gasteiger partial charge in [0.2, 0.25) is 5.91 Å². The predicted octanol–water partition coefficient (Wildman–Crippen LogP) is 7.03. The number of para-hydroxylation sites is 1. The summed E-state index contributed by atoms with van der Waals surface area (Å²) >= 11 is 9.35. The van der Waals surface area contributed by atoms with Crippen molar-refractivity contribution in [1.82, 2.24) is 14.8 Å². The highest BCUT2D eigenvalue weighted by Gasteiger charge is 2.23. The molecule has 8 heteroatoms. The molecule has 1 unspecified atom stereocenters. The van der Waals surface area contributed by atoms with Crippen LogP contribution in [0, 0.1) is 6.92 Å². The number of rotatable bonds is 9. The van der Waals surface area contributed by atoms with Gasteiger partial charge >= 0.3 is 0 Å². The first-order valence-electron chi connectivity index (χ1n) is 11.0. The normalized spacial score (nSPS) is 11.9. The minimum absolute atomic E-state index is 0.0877. The molecule has 0 spiro atoms. The summed E-state index contributed by atoms with van der Waals surface area (Å²) in [6.07, 6.45) is 0.645. The first kappa shape index (κ1) is 24.4. The molecule has 0 aliphatic heterocycles. The van der Waals surface area contributed by atoms with E-state index in [0.717, 1.165) is 17.1 Å². The molecule has 0 fully saturated rings. The SMILES string of the molecule is CCC(Sc1nnc(CSc2ccccc2)n1-c1ccccc1)C(=O)Nc1ccc(C)c(Cl)c1. The summed E-state index contributed by atoms with van der Waals surface area (Å²) in [5.74, 6) is 1.41. The number of benzene rings is 3. The number of aromatic nitrogens is 3. The number of hydrogen-bond acceptors (Lipinski definition) is 5. The highest BCUT2D eigenvalue weighted by Crippen LogP contribution is 2.31. The number of carbonyl (C=O) groups excluding carboxylic acids is 1. The number of carbonyl (C=O) groups is 1. The maximum atomic E-state index is 13.1.